The van der Waals surface area contributed by atoms with Crippen LogP contribution in [0.5, 0.6) is 5.75 Å². The number of rotatable bonds is 10. The van der Waals surface area contributed by atoms with Crippen molar-refractivity contribution in [2.75, 3.05) is 13.7 Å². The van der Waals surface area contributed by atoms with E-state index in [0.717, 1.165) is 30.8 Å². The molecular formula is C21H28O3. The van der Waals surface area contributed by atoms with Gasteiger partial charge in [0.05, 0.1) is 25.9 Å². The number of hydrogen-bond acceptors (Lipinski definition) is 3. The molecule has 2 rings (SSSR count). The first-order chi connectivity index (χ1) is 11.7. The largest absolute Gasteiger partial charge is 0.497 e. The lowest BCUT2D eigenvalue weighted by molar-refractivity contribution is -0.0708. The second kappa shape index (κ2) is 10.1. The Balaban J connectivity index is 1.98. The molecule has 0 aliphatic rings. The zero-order valence-electron chi connectivity index (χ0n) is 14.9. The van der Waals surface area contributed by atoms with Crippen molar-refractivity contribution in [2.45, 2.75) is 45.5 Å². The van der Waals surface area contributed by atoms with Crippen molar-refractivity contribution in [1.29, 1.82) is 0 Å². The summed E-state index contributed by atoms with van der Waals surface area (Å²) in [4.78, 5) is 0. The highest BCUT2D eigenvalue weighted by molar-refractivity contribution is 5.26. The van der Waals surface area contributed by atoms with Gasteiger partial charge in [-0.05, 0) is 36.6 Å². The van der Waals surface area contributed by atoms with E-state index in [9.17, 15) is 0 Å². The summed E-state index contributed by atoms with van der Waals surface area (Å²) < 4.78 is 17.3. The molecule has 0 amide bonds. The summed E-state index contributed by atoms with van der Waals surface area (Å²) in [5.74, 6) is 0.860. The lowest BCUT2D eigenvalue weighted by Gasteiger charge is -2.25. The highest BCUT2D eigenvalue weighted by atomic mass is 16.5. The second-order valence-electron chi connectivity index (χ2n) is 5.96. The topological polar surface area (TPSA) is 27.7 Å². The molecule has 0 radical (unpaired) electrons. The monoisotopic (exact) mass is 328 g/mol. The molecule has 0 unspecified atom stereocenters. The van der Waals surface area contributed by atoms with E-state index in [0.29, 0.717) is 6.61 Å². The maximum Gasteiger partial charge on any atom is 0.118 e. The summed E-state index contributed by atoms with van der Waals surface area (Å²) in [7, 11) is 1.67. The van der Waals surface area contributed by atoms with Gasteiger partial charge in [0.1, 0.15) is 5.75 Å². The van der Waals surface area contributed by atoms with Gasteiger partial charge in [-0.1, -0.05) is 49.4 Å². The minimum Gasteiger partial charge on any atom is -0.497 e. The molecule has 3 nitrogen and oxygen atoms in total. The molecule has 3 heteroatoms. The Bertz CT molecular complexity index is 565. The maximum atomic E-state index is 6.20. The Morgan fingerprint density at radius 3 is 2.21 bits per heavy atom. The van der Waals surface area contributed by atoms with Gasteiger partial charge in [0.25, 0.3) is 0 Å². The van der Waals surface area contributed by atoms with Crippen LogP contribution >= 0.6 is 0 Å². The minimum absolute atomic E-state index is 0.0288. The van der Waals surface area contributed by atoms with Crippen molar-refractivity contribution < 1.29 is 14.2 Å². The average Bonchev–Trinajstić information content (AvgIpc) is 2.64. The minimum atomic E-state index is 0.0288. The van der Waals surface area contributed by atoms with E-state index >= 15 is 0 Å². The van der Waals surface area contributed by atoms with Crippen molar-refractivity contribution in [3.63, 3.8) is 0 Å². The van der Waals surface area contributed by atoms with E-state index in [2.05, 4.69) is 38.1 Å². The van der Waals surface area contributed by atoms with Crippen LogP contribution in [0.15, 0.2) is 54.6 Å². The van der Waals surface area contributed by atoms with Crippen LogP contribution in [0.1, 0.15) is 31.4 Å². The summed E-state index contributed by atoms with van der Waals surface area (Å²) in [5, 5.41) is 0. The average molecular weight is 328 g/mol. The van der Waals surface area contributed by atoms with Crippen molar-refractivity contribution in [1.82, 2.24) is 0 Å². The highest BCUT2D eigenvalue weighted by Crippen LogP contribution is 2.17. The summed E-state index contributed by atoms with van der Waals surface area (Å²) >= 11 is 0. The van der Waals surface area contributed by atoms with Crippen LogP contribution in [-0.2, 0) is 22.5 Å². The maximum absolute atomic E-state index is 6.20. The van der Waals surface area contributed by atoms with Crippen LogP contribution in [0.4, 0.5) is 0 Å². The predicted octanol–water partition coefficient (Wildman–Crippen LogP) is 4.64. The molecule has 130 valence electrons. The molecule has 0 aromatic heterocycles. The number of benzene rings is 2. The van der Waals surface area contributed by atoms with E-state index in [1.165, 1.54) is 5.56 Å². The Labute approximate surface area is 145 Å². The molecule has 0 saturated heterocycles. The molecule has 0 heterocycles. The van der Waals surface area contributed by atoms with Gasteiger partial charge >= 0.3 is 0 Å². The Morgan fingerprint density at radius 1 is 0.875 bits per heavy atom. The smallest absolute Gasteiger partial charge is 0.118 e. The molecule has 2 atom stereocenters. The SMILES string of the molecule is CCCO[C@@H](C)[C@@H](Cc1ccccc1)OCc1ccc(OC)cc1. The van der Waals surface area contributed by atoms with Crippen LogP contribution in [0.25, 0.3) is 0 Å². The Morgan fingerprint density at radius 2 is 1.58 bits per heavy atom. The van der Waals surface area contributed by atoms with E-state index in [1.807, 2.05) is 30.3 Å². The molecule has 0 aliphatic carbocycles. The molecule has 0 saturated carbocycles. The van der Waals surface area contributed by atoms with Crippen molar-refractivity contribution >= 4 is 0 Å². The lowest BCUT2D eigenvalue weighted by Crippen LogP contribution is -2.31. The molecule has 0 aliphatic heterocycles. The molecule has 0 fully saturated rings. The van der Waals surface area contributed by atoms with Gasteiger partial charge in [-0.15, -0.1) is 0 Å². The highest BCUT2D eigenvalue weighted by Gasteiger charge is 2.19. The molecule has 24 heavy (non-hydrogen) atoms. The van der Waals surface area contributed by atoms with Crippen LogP contribution < -0.4 is 4.74 Å². The van der Waals surface area contributed by atoms with Crippen LogP contribution in [0.2, 0.25) is 0 Å². The molecule has 2 aromatic rings. The van der Waals surface area contributed by atoms with Gasteiger partial charge in [0, 0.05) is 13.0 Å². The quantitative estimate of drug-likeness (QED) is 0.636. The first kappa shape index (κ1) is 18.5. The fraction of sp³-hybridized carbons (Fsp3) is 0.429. The Kier molecular flexibility index (Phi) is 7.80. The van der Waals surface area contributed by atoms with E-state index in [-0.39, 0.29) is 12.2 Å². The standard InChI is InChI=1S/C21H28O3/c1-4-14-23-17(2)21(15-18-8-6-5-7-9-18)24-16-19-10-12-20(22-3)13-11-19/h5-13,17,21H,4,14-16H2,1-3H3/t17-,21+/m0/s1. The molecule has 0 spiro atoms. The molecule has 0 bridgehead atoms. The predicted molar refractivity (Wildman–Crippen MR) is 97.4 cm³/mol. The second-order valence-corrected chi connectivity index (χ2v) is 5.96. The van der Waals surface area contributed by atoms with E-state index < -0.39 is 0 Å². The fourth-order valence-electron chi connectivity index (χ4n) is 2.54. The summed E-state index contributed by atoms with van der Waals surface area (Å²) in [5.41, 5.74) is 2.40. The van der Waals surface area contributed by atoms with Crippen LogP contribution in [0.3, 0.4) is 0 Å². The first-order valence-corrected chi connectivity index (χ1v) is 8.63. The van der Waals surface area contributed by atoms with Crippen molar-refractivity contribution in [2.24, 2.45) is 0 Å². The lowest BCUT2D eigenvalue weighted by atomic mass is 10.0. The van der Waals surface area contributed by atoms with Crippen molar-refractivity contribution in [3.05, 3.63) is 65.7 Å². The third-order valence-electron chi connectivity index (χ3n) is 4.01. The number of ether oxygens (including phenoxy) is 3. The van der Waals surface area contributed by atoms with Gasteiger partial charge in [0.2, 0.25) is 0 Å². The summed E-state index contributed by atoms with van der Waals surface area (Å²) in [6, 6.07) is 18.4. The first-order valence-electron chi connectivity index (χ1n) is 8.63. The summed E-state index contributed by atoms with van der Waals surface area (Å²) in [6.45, 7) is 5.55. The fourth-order valence-corrected chi connectivity index (χ4v) is 2.54. The third-order valence-corrected chi connectivity index (χ3v) is 4.01. The van der Waals surface area contributed by atoms with Gasteiger partial charge < -0.3 is 14.2 Å². The van der Waals surface area contributed by atoms with Gasteiger partial charge in [-0.3, -0.25) is 0 Å². The molecule has 0 N–H and O–H groups in total. The normalized spacial score (nSPS) is 13.5. The van der Waals surface area contributed by atoms with Gasteiger partial charge in [-0.25, -0.2) is 0 Å². The van der Waals surface area contributed by atoms with Crippen LogP contribution in [0, 0.1) is 0 Å². The zero-order valence-corrected chi connectivity index (χ0v) is 14.9. The number of hydrogen-bond donors (Lipinski definition) is 0. The number of methoxy groups -OCH3 is 1. The molecule has 2 aromatic carbocycles. The Hall–Kier alpha value is -1.84. The van der Waals surface area contributed by atoms with E-state index in [4.69, 9.17) is 14.2 Å². The third kappa shape index (κ3) is 5.99. The van der Waals surface area contributed by atoms with Crippen LogP contribution in [-0.4, -0.2) is 25.9 Å². The van der Waals surface area contributed by atoms with Gasteiger partial charge in [-0.2, -0.15) is 0 Å². The molecular weight excluding hydrogens is 300 g/mol. The van der Waals surface area contributed by atoms with Gasteiger partial charge in [0.15, 0.2) is 0 Å². The zero-order chi connectivity index (χ0) is 17.2. The van der Waals surface area contributed by atoms with Crippen molar-refractivity contribution in [3.8, 4) is 5.75 Å². The summed E-state index contributed by atoms with van der Waals surface area (Å²) in [6.07, 6.45) is 1.95. The van der Waals surface area contributed by atoms with E-state index in [1.54, 1.807) is 7.11 Å².